The summed E-state index contributed by atoms with van der Waals surface area (Å²) in [5.74, 6) is 0. The third-order valence-electron chi connectivity index (χ3n) is 3.45. The standard InChI is InChI=1S/C17H30OSi/c1-17(2,18)16(14-19(3,4)5)13-9-8-12-15-10-6-7-11-15/h6-7,10,13,18H,8-9,11-12,14H2,1-5H3/b16-13+. The minimum atomic E-state index is -1.17. The Morgan fingerprint density at radius 3 is 2.53 bits per heavy atom. The molecule has 0 aromatic carbocycles. The van der Waals surface area contributed by atoms with Gasteiger partial charge in [0.2, 0.25) is 0 Å². The highest BCUT2D eigenvalue weighted by Crippen LogP contribution is 2.27. The molecule has 0 spiro atoms. The monoisotopic (exact) mass is 278 g/mol. The van der Waals surface area contributed by atoms with Crippen LogP contribution in [0.3, 0.4) is 0 Å². The van der Waals surface area contributed by atoms with Gasteiger partial charge in [0.15, 0.2) is 0 Å². The van der Waals surface area contributed by atoms with Crippen LogP contribution >= 0.6 is 0 Å². The van der Waals surface area contributed by atoms with Gasteiger partial charge >= 0.3 is 0 Å². The highest BCUT2D eigenvalue weighted by Gasteiger charge is 2.24. The highest BCUT2D eigenvalue weighted by molar-refractivity contribution is 6.76. The molecular formula is C17H30OSi. The first-order valence-electron chi connectivity index (χ1n) is 7.45. The van der Waals surface area contributed by atoms with Gasteiger partial charge in [0.05, 0.1) is 5.60 Å². The van der Waals surface area contributed by atoms with Gasteiger partial charge in [-0.05, 0) is 51.1 Å². The maximum absolute atomic E-state index is 10.3. The molecule has 0 aromatic rings. The number of hydrogen-bond acceptors (Lipinski definition) is 1. The third-order valence-corrected chi connectivity index (χ3v) is 4.89. The molecule has 2 heteroatoms. The predicted octanol–water partition coefficient (Wildman–Crippen LogP) is 5.08. The van der Waals surface area contributed by atoms with Gasteiger partial charge < -0.3 is 5.11 Å². The normalized spacial score (nSPS) is 16.9. The summed E-state index contributed by atoms with van der Waals surface area (Å²) < 4.78 is 0. The minimum absolute atomic E-state index is 0.658. The summed E-state index contributed by atoms with van der Waals surface area (Å²) in [6.45, 7) is 10.9. The number of aliphatic hydroxyl groups is 1. The number of allylic oxidation sites excluding steroid dienone is 5. The molecule has 0 amide bonds. The number of rotatable bonds is 7. The SMILES string of the molecule is CC(C)(O)/C(=C/CCCC1=CC=CC1)C[Si](C)(C)C. The fourth-order valence-corrected chi connectivity index (χ4v) is 4.11. The second-order valence-electron chi connectivity index (χ2n) is 7.38. The Balaban J connectivity index is 2.48. The van der Waals surface area contributed by atoms with Crippen molar-refractivity contribution in [2.45, 2.75) is 70.8 Å². The van der Waals surface area contributed by atoms with E-state index in [9.17, 15) is 5.11 Å². The van der Waals surface area contributed by atoms with E-state index in [0.29, 0.717) is 0 Å². The van der Waals surface area contributed by atoms with Gasteiger partial charge in [-0.2, -0.15) is 0 Å². The van der Waals surface area contributed by atoms with E-state index in [-0.39, 0.29) is 0 Å². The number of hydrogen-bond donors (Lipinski definition) is 1. The largest absolute Gasteiger partial charge is 0.386 e. The maximum atomic E-state index is 10.3. The van der Waals surface area contributed by atoms with Crippen LogP contribution in [-0.4, -0.2) is 18.8 Å². The van der Waals surface area contributed by atoms with Gasteiger partial charge in [-0.1, -0.05) is 49.5 Å². The van der Waals surface area contributed by atoms with Gasteiger partial charge in [0, 0.05) is 8.07 Å². The molecular weight excluding hydrogens is 248 g/mol. The van der Waals surface area contributed by atoms with E-state index in [2.05, 4.69) is 43.9 Å². The fraction of sp³-hybridized carbons (Fsp3) is 0.647. The lowest BCUT2D eigenvalue weighted by molar-refractivity contribution is 0.119. The molecule has 0 heterocycles. The predicted molar refractivity (Wildman–Crippen MR) is 88.2 cm³/mol. The van der Waals surface area contributed by atoms with Crippen molar-refractivity contribution in [3.8, 4) is 0 Å². The van der Waals surface area contributed by atoms with Crippen LogP contribution in [0.2, 0.25) is 25.7 Å². The molecule has 0 fully saturated rings. The topological polar surface area (TPSA) is 20.2 Å². The Hall–Kier alpha value is -0.603. The Kier molecular flexibility index (Phi) is 5.81. The van der Waals surface area contributed by atoms with Crippen LogP contribution in [0.15, 0.2) is 35.5 Å². The molecule has 0 saturated heterocycles. The van der Waals surface area contributed by atoms with Crippen molar-refractivity contribution in [3.63, 3.8) is 0 Å². The Morgan fingerprint density at radius 2 is 2.05 bits per heavy atom. The summed E-state index contributed by atoms with van der Waals surface area (Å²) in [6.07, 6.45) is 13.5. The number of unbranched alkanes of at least 4 members (excludes halogenated alkanes) is 1. The van der Waals surface area contributed by atoms with E-state index in [0.717, 1.165) is 18.9 Å². The molecule has 0 bridgehead atoms. The van der Waals surface area contributed by atoms with Crippen molar-refractivity contribution in [1.29, 1.82) is 0 Å². The fourth-order valence-electron chi connectivity index (χ4n) is 2.39. The molecule has 0 atom stereocenters. The quantitative estimate of drug-likeness (QED) is 0.391. The summed E-state index contributed by atoms with van der Waals surface area (Å²) in [7, 11) is -1.17. The zero-order valence-corrected chi connectivity index (χ0v) is 14.3. The average molecular weight is 279 g/mol. The van der Waals surface area contributed by atoms with E-state index < -0.39 is 13.7 Å². The van der Waals surface area contributed by atoms with Crippen LogP contribution < -0.4 is 0 Å². The first-order chi connectivity index (χ1) is 8.68. The van der Waals surface area contributed by atoms with Crippen molar-refractivity contribution in [3.05, 3.63) is 35.5 Å². The molecule has 0 saturated carbocycles. The molecule has 0 aliphatic heterocycles. The van der Waals surface area contributed by atoms with Crippen LogP contribution in [0.5, 0.6) is 0 Å². The van der Waals surface area contributed by atoms with E-state index in [4.69, 9.17) is 0 Å². The molecule has 1 rings (SSSR count). The van der Waals surface area contributed by atoms with Crippen LogP contribution in [0.4, 0.5) is 0 Å². The summed E-state index contributed by atoms with van der Waals surface area (Å²) in [4.78, 5) is 0. The lowest BCUT2D eigenvalue weighted by Crippen LogP contribution is -2.29. The molecule has 0 aromatic heterocycles. The summed E-state index contributed by atoms with van der Waals surface area (Å²) in [6, 6.07) is 1.10. The van der Waals surface area contributed by atoms with Gasteiger partial charge in [-0.25, -0.2) is 0 Å². The second kappa shape index (κ2) is 6.71. The Morgan fingerprint density at radius 1 is 1.37 bits per heavy atom. The molecule has 0 radical (unpaired) electrons. The van der Waals surface area contributed by atoms with Crippen molar-refractivity contribution < 1.29 is 5.11 Å². The Labute approximate surface area is 120 Å². The first kappa shape index (κ1) is 16.5. The van der Waals surface area contributed by atoms with Crippen molar-refractivity contribution >= 4 is 8.07 Å². The van der Waals surface area contributed by atoms with Gasteiger partial charge in [0.25, 0.3) is 0 Å². The first-order valence-corrected chi connectivity index (χ1v) is 11.2. The molecule has 108 valence electrons. The summed E-state index contributed by atoms with van der Waals surface area (Å²) in [5.41, 5.74) is 2.13. The van der Waals surface area contributed by atoms with Gasteiger partial charge in [-0.15, -0.1) is 0 Å². The van der Waals surface area contributed by atoms with Crippen LogP contribution in [0, 0.1) is 0 Å². The van der Waals surface area contributed by atoms with Crippen molar-refractivity contribution in [2.75, 3.05) is 0 Å². The second-order valence-corrected chi connectivity index (χ2v) is 12.9. The molecule has 19 heavy (non-hydrogen) atoms. The zero-order chi connectivity index (χ0) is 14.5. The van der Waals surface area contributed by atoms with Crippen molar-refractivity contribution in [2.24, 2.45) is 0 Å². The lowest BCUT2D eigenvalue weighted by Gasteiger charge is -2.27. The lowest BCUT2D eigenvalue weighted by atomic mass is 9.97. The van der Waals surface area contributed by atoms with Crippen molar-refractivity contribution in [1.82, 2.24) is 0 Å². The van der Waals surface area contributed by atoms with E-state index >= 15 is 0 Å². The summed E-state index contributed by atoms with van der Waals surface area (Å²) >= 11 is 0. The van der Waals surface area contributed by atoms with Crippen LogP contribution in [-0.2, 0) is 0 Å². The highest BCUT2D eigenvalue weighted by atomic mass is 28.3. The smallest absolute Gasteiger partial charge is 0.0797 e. The van der Waals surface area contributed by atoms with Gasteiger partial charge in [-0.3, -0.25) is 0 Å². The van der Waals surface area contributed by atoms with Crippen LogP contribution in [0.25, 0.3) is 0 Å². The summed E-state index contributed by atoms with van der Waals surface area (Å²) in [5, 5.41) is 10.3. The maximum Gasteiger partial charge on any atom is 0.0797 e. The van der Waals surface area contributed by atoms with E-state index in [1.807, 2.05) is 13.8 Å². The molecule has 1 aliphatic rings. The minimum Gasteiger partial charge on any atom is -0.386 e. The molecule has 1 nitrogen and oxygen atoms in total. The molecule has 0 unspecified atom stereocenters. The molecule has 1 aliphatic carbocycles. The van der Waals surface area contributed by atoms with Crippen LogP contribution in [0.1, 0.15) is 39.5 Å². The zero-order valence-electron chi connectivity index (χ0n) is 13.3. The van der Waals surface area contributed by atoms with E-state index in [1.54, 1.807) is 5.57 Å². The van der Waals surface area contributed by atoms with E-state index in [1.165, 1.54) is 18.4 Å². The average Bonchev–Trinajstić information content (AvgIpc) is 2.72. The van der Waals surface area contributed by atoms with Gasteiger partial charge in [0.1, 0.15) is 0 Å². The third kappa shape index (κ3) is 6.93. The molecule has 1 N–H and O–H groups in total. The Bertz CT molecular complexity index is 375.